The van der Waals surface area contributed by atoms with Gasteiger partial charge in [-0.1, -0.05) is 12.8 Å². The first-order valence-electron chi connectivity index (χ1n) is 10.1. The molecule has 0 N–H and O–H groups in total. The second-order valence-electron chi connectivity index (χ2n) is 7.43. The first-order chi connectivity index (χ1) is 12.6. The van der Waals surface area contributed by atoms with Gasteiger partial charge >= 0.3 is 0 Å². The maximum absolute atomic E-state index is 12.5. The fraction of sp³-hybridized carbons (Fsp3) is 0.619. The van der Waals surface area contributed by atoms with Gasteiger partial charge in [-0.2, -0.15) is 0 Å². The number of anilines is 2. The quantitative estimate of drug-likeness (QED) is 0.811. The number of carbonyl (C=O) groups is 2. The highest BCUT2D eigenvalue weighted by atomic mass is 16.2. The molecule has 2 heterocycles. The van der Waals surface area contributed by atoms with Crippen LogP contribution in [0, 0.1) is 0 Å². The Morgan fingerprint density at radius 1 is 0.885 bits per heavy atom. The fourth-order valence-corrected chi connectivity index (χ4v) is 3.97. The highest BCUT2D eigenvalue weighted by molar-refractivity contribution is 5.92. The highest BCUT2D eigenvalue weighted by Gasteiger charge is 2.19. The van der Waals surface area contributed by atoms with E-state index in [1.165, 1.54) is 31.4 Å². The molecule has 0 spiro atoms. The SMILES string of the molecule is CC(=O)N(CCC(=O)N1CCCCCC1)c1ccc(N2CCCC2)cc1. The molecule has 2 fully saturated rings. The monoisotopic (exact) mass is 357 g/mol. The summed E-state index contributed by atoms with van der Waals surface area (Å²) in [5.41, 5.74) is 2.10. The topological polar surface area (TPSA) is 43.9 Å². The number of amides is 2. The molecule has 2 aliphatic heterocycles. The molecule has 26 heavy (non-hydrogen) atoms. The zero-order valence-corrected chi connectivity index (χ0v) is 16.0. The van der Waals surface area contributed by atoms with Gasteiger partial charge in [-0.3, -0.25) is 9.59 Å². The molecule has 2 saturated heterocycles. The molecule has 5 heteroatoms. The highest BCUT2D eigenvalue weighted by Crippen LogP contribution is 2.24. The van der Waals surface area contributed by atoms with Gasteiger partial charge in [0.25, 0.3) is 0 Å². The normalized spacial score (nSPS) is 17.9. The summed E-state index contributed by atoms with van der Waals surface area (Å²) in [6.07, 6.45) is 7.52. The summed E-state index contributed by atoms with van der Waals surface area (Å²) in [5, 5.41) is 0. The summed E-state index contributed by atoms with van der Waals surface area (Å²) in [6, 6.07) is 8.19. The van der Waals surface area contributed by atoms with E-state index in [2.05, 4.69) is 17.0 Å². The maximum atomic E-state index is 12.5. The van der Waals surface area contributed by atoms with E-state index >= 15 is 0 Å². The van der Waals surface area contributed by atoms with Crippen LogP contribution in [-0.4, -0.2) is 49.4 Å². The van der Waals surface area contributed by atoms with Gasteiger partial charge in [-0.15, -0.1) is 0 Å². The second-order valence-corrected chi connectivity index (χ2v) is 7.43. The first-order valence-corrected chi connectivity index (χ1v) is 10.1. The first kappa shape index (κ1) is 18.7. The lowest BCUT2D eigenvalue weighted by molar-refractivity contribution is -0.131. The average molecular weight is 357 g/mol. The van der Waals surface area contributed by atoms with Gasteiger partial charge in [-0.05, 0) is 49.9 Å². The van der Waals surface area contributed by atoms with Gasteiger partial charge in [0.2, 0.25) is 11.8 Å². The number of nitrogens with zero attached hydrogens (tertiary/aromatic N) is 3. The van der Waals surface area contributed by atoms with Crippen LogP contribution >= 0.6 is 0 Å². The molecule has 2 aliphatic rings. The van der Waals surface area contributed by atoms with Crippen molar-refractivity contribution in [2.75, 3.05) is 42.5 Å². The number of hydrogen-bond donors (Lipinski definition) is 0. The van der Waals surface area contributed by atoms with Gasteiger partial charge in [0.15, 0.2) is 0 Å². The summed E-state index contributed by atoms with van der Waals surface area (Å²) in [7, 11) is 0. The lowest BCUT2D eigenvalue weighted by atomic mass is 10.2. The van der Waals surface area contributed by atoms with Crippen LogP contribution in [-0.2, 0) is 9.59 Å². The van der Waals surface area contributed by atoms with E-state index in [1.807, 2.05) is 17.0 Å². The van der Waals surface area contributed by atoms with Crippen molar-refractivity contribution in [3.63, 3.8) is 0 Å². The predicted molar refractivity (Wildman–Crippen MR) is 106 cm³/mol. The van der Waals surface area contributed by atoms with E-state index in [1.54, 1.807) is 11.8 Å². The van der Waals surface area contributed by atoms with Crippen LogP contribution in [0.4, 0.5) is 11.4 Å². The Kier molecular flexibility index (Phi) is 6.53. The van der Waals surface area contributed by atoms with Crippen LogP contribution in [0.2, 0.25) is 0 Å². The largest absolute Gasteiger partial charge is 0.372 e. The van der Waals surface area contributed by atoms with E-state index in [4.69, 9.17) is 0 Å². The van der Waals surface area contributed by atoms with Crippen LogP contribution in [0.1, 0.15) is 51.9 Å². The Hall–Kier alpha value is -2.04. The Morgan fingerprint density at radius 3 is 2.04 bits per heavy atom. The molecule has 5 nitrogen and oxygen atoms in total. The predicted octanol–water partition coefficient (Wildman–Crippen LogP) is 3.43. The van der Waals surface area contributed by atoms with E-state index in [0.29, 0.717) is 13.0 Å². The molecule has 2 amide bonds. The molecule has 0 aliphatic carbocycles. The van der Waals surface area contributed by atoms with Crippen molar-refractivity contribution in [1.29, 1.82) is 0 Å². The van der Waals surface area contributed by atoms with Crippen molar-refractivity contribution in [2.45, 2.75) is 51.9 Å². The number of rotatable bonds is 5. The number of benzene rings is 1. The Labute approximate surface area is 156 Å². The number of carbonyl (C=O) groups excluding carboxylic acids is 2. The Bertz CT molecular complexity index is 600. The Morgan fingerprint density at radius 2 is 1.46 bits per heavy atom. The van der Waals surface area contributed by atoms with Gasteiger partial charge in [0.1, 0.15) is 0 Å². The number of hydrogen-bond acceptors (Lipinski definition) is 3. The summed E-state index contributed by atoms with van der Waals surface area (Å²) < 4.78 is 0. The summed E-state index contributed by atoms with van der Waals surface area (Å²) in [4.78, 5) is 30.7. The third kappa shape index (κ3) is 4.77. The van der Waals surface area contributed by atoms with Gasteiger partial charge < -0.3 is 14.7 Å². The van der Waals surface area contributed by atoms with E-state index < -0.39 is 0 Å². The van der Waals surface area contributed by atoms with Crippen molar-refractivity contribution in [3.05, 3.63) is 24.3 Å². The summed E-state index contributed by atoms with van der Waals surface area (Å²) in [6.45, 7) is 5.98. The zero-order chi connectivity index (χ0) is 18.4. The molecule has 0 unspecified atom stereocenters. The smallest absolute Gasteiger partial charge is 0.224 e. The summed E-state index contributed by atoms with van der Waals surface area (Å²) in [5.74, 6) is 0.162. The van der Waals surface area contributed by atoms with Crippen molar-refractivity contribution < 1.29 is 9.59 Å². The fourth-order valence-electron chi connectivity index (χ4n) is 3.97. The van der Waals surface area contributed by atoms with E-state index in [9.17, 15) is 9.59 Å². The second kappa shape index (κ2) is 9.06. The molecule has 1 aromatic rings. The average Bonchev–Trinajstić information content (AvgIpc) is 3.04. The molecule has 0 saturated carbocycles. The van der Waals surface area contributed by atoms with Gasteiger partial charge in [0, 0.05) is 57.4 Å². The molecular weight excluding hydrogens is 326 g/mol. The maximum Gasteiger partial charge on any atom is 0.224 e. The van der Waals surface area contributed by atoms with Crippen LogP contribution in [0.25, 0.3) is 0 Å². The molecular formula is C21H31N3O2. The van der Waals surface area contributed by atoms with Crippen molar-refractivity contribution >= 4 is 23.2 Å². The minimum atomic E-state index is -0.0115. The molecule has 3 rings (SSSR count). The Balaban J connectivity index is 1.59. The molecule has 0 atom stereocenters. The van der Waals surface area contributed by atoms with Crippen molar-refractivity contribution in [2.24, 2.45) is 0 Å². The summed E-state index contributed by atoms with van der Waals surface area (Å²) >= 11 is 0. The zero-order valence-electron chi connectivity index (χ0n) is 16.0. The lowest BCUT2D eigenvalue weighted by Crippen LogP contribution is -2.36. The van der Waals surface area contributed by atoms with Crippen molar-refractivity contribution in [1.82, 2.24) is 4.90 Å². The molecule has 0 radical (unpaired) electrons. The van der Waals surface area contributed by atoms with Crippen LogP contribution in [0.15, 0.2) is 24.3 Å². The van der Waals surface area contributed by atoms with E-state index in [-0.39, 0.29) is 11.8 Å². The third-order valence-electron chi connectivity index (χ3n) is 5.52. The lowest BCUT2D eigenvalue weighted by Gasteiger charge is -2.25. The minimum Gasteiger partial charge on any atom is -0.372 e. The van der Waals surface area contributed by atoms with Gasteiger partial charge in [0.05, 0.1) is 0 Å². The van der Waals surface area contributed by atoms with Crippen LogP contribution < -0.4 is 9.80 Å². The van der Waals surface area contributed by atoms with E-state index in [0.717, 1.165) is 44.7 Å². The molecule has 0 bridgehead atoms. The van der Waals surface area contributed by atoms with Crippen LogP contribution in [0.3, 0.4) is 0 Å². The van der Waals surface area contributed by atoms with Crippen LogP contribution in [0.5, 0.6) is 0 Å². The van der Waals surface area contributed by atoms with Crippen molar-refractivity contribution in [3.8, 4) is 0 Å². The number of likely N-dealkylation sites (tertiary alicyclic amines) is 1. The third-order valence-corrected chi connectivity index (χ3v) is 5.52. The molecule has 0 aromatic heterocycles. The minimum absolute atomic E-state index is 0.0115. The molecule has 142 valence electrons. The van der Waals surface area contributed by atoms with Gasteiger partial charge in [-0.25, -0.2) is 0 Å². The standard InChI is InChI=1S/C21H31N3O2/c1-18(25)24(17-12-21(26)23-15-4-2-3-5-16-23)20-10-8-19(9-11-20)22-13-6-7-14-22/h8-11H,2-7,12-17H2,1H3. The molecule has 1 aromatic carbocycles.